The van der Waals surface area contributed by atoms with Gasteiger partial charge in [-0.1, -0.05) is 152 Å². The first-order valence-corrected chi connectivity index (χ1v) is 13.9. The molecule has 0 bridgehead atoms. The van der Waals surface area contributed by atoms with Crippen molar-refractivity contribution in [3.63, 3.8) is 0 Å². The van der Waals surface area contributed by atoms with E-state index in [1.54, 1.807) is 6.92 Å². The Labute approximate surface area is 242 Å². The van der Waals surface area contributed by atoms with Gasteiger partial charge in [0.15, 0.2) is 0 Å². The standard InChI is InChI=1S/C37H36O4/c1-36(38,31-21-11-4-12-22-31)34(40-27-29-17-7-2-8-18-29)35(41-28-30-19-9-3-10-20-30)37(39,32-23-13-5-14-24-32)33-25-15-6-16-26-33/h2-26,34-35,38-39H,27-28H2,1H3/t34-,35-,36+/m1/s1. The van der Waals surface area contributed by atoms with E-state index in [-0.39, 0.29) is 13.2 Å². The molecule has 0 spiro atoms. The van der Waals surface area contributed by atoms with E-state index >= 15 is 0 Å². The fourth-order valence-electron chi connectivity index (χ4n) is 5.31. The summed E-state index contributed by atoms with van der Waals surface area (Å²) < 4.78 is 13.4. The van der Waals surface area contributed by atoms with E-state index < -0.39 is 23.4 Å². The lowest BCUT2D eigenvalue weighted by molar-refractivity contribution is -0.220. The lowest BCUT2D eigenvalue weighted by Crippen LogP contribution is -2.57. The normalized spacial score (nSPS) is 14.6. The summed E-state index contributed by atoms with van der Waals surface area (Å²) in [6.45, 7) is 2.16. The second kappa shape index (κ2) is 13.1. The van der Waals surface area contributed by atoms with Crippen LogP contribution in [-0.2, 0) is 33.9 Å². The van der Waals surface area contributed by atoms with Crippen molar-refractivity contribution >= 4 is 0 Å². The molecule has 0 unspecified atom stereocenters. The third-order valence-corrected chi connectivity index (χ3v) is 7.57. The van der Waals surface area contributed by atoms with Crippen LogP contribution in [0.25, 0.3) is 0 Å². The summed E-state index contributed by atoms with van der Waals surface area (Å²) >= 11 is 0. The number of hydrogen-bond donors (Lipinski definition) is 2. The van der Waals surface area contributed by atoms with Gasteiger partial charge < -0.3 is 19.7 Å². The van der Waals surface area contributed by atoms with Crippen LogP contribution in [0.1, 0.15) is 34.7 Å². The third-order valence-electron chi connectivity index (χ3n) is 7.57. The molecule has 0 amide bonds. The Hall–Kier alpha value is -4.06. The number of benzene rings is 5. The van der Waals surface area contributed by atoms with Gasteiger partial charge in [-0.25, -0.2) is 0 Å². The third kappa shape index (κ3) is 6.48. The van der Waals surface area contributed by atoms with Gasteiger partial charge in [-0.3, -0.25) is 0 Å². The second-order valence-electron chi connectivity index (χ2n) is 10.4. The fraction of sp³-hybridized carbons (Fsp3) is 0.189. The van der Waals surface area contributed by atoms with Crippen LogP contribution >= 0.6 is 0 Å². The van der Waals surface area contributed by atoms with Crippen LogP contribution in [0, 0.1) is 0 Å². The number of ether oxygens (including phenoxy) is 2. The van der Waals surface area contributed by atoms with Crippen molar-refractivity contribution in [3.05, 3.63) is 179 Å². The fourth-order valence-corrected chi connectivity index (χ4v) is 5.31. The van der Waals surface area contributed by atoms with Crippen LogP contribution in [0.5, 0.6) is 0 Å². The molecule has 0 saturated carbocycles. The molecule has 0 aromatic heterocycles. The summed E-state index contributed by atoms with van der Waals surface area (Å²) in [7, 11) is 0. The SMILES string of the molecule is C[C@](O)(c1ccccc1)[C@H](OCc1ccccc1)[C@@H](OCc1ccccc1)C(O)(c1ccccc1)c1ccccc1. The maximum atomic E-state index is 13.0. The van der Waals surface area contributed by atoms with Crippen LogP contribution in [0.2, 0.25) is 0 Å². The van der Waals surface area contributed by atoms with Crippen LogP contribution < -0.4 is 0 Å². The van der Waals surface area contributed by atoms with E-state index in [1.165, 1.54) is 0 Å². The summed E-state index contributed by atoms with van der Waals surface area (Å²) in [6, 6.07) is 48.0. The predicted molar refractivity (Wildman–Crippen MR) is 162 cm³/mol. The Kier molecular flexibility index (Phi) is 9.07. The molecule has 3 atom stereocenters. The number of hydrogen-bond acceptors (Lipinski definition) is 4. The lowest BCUT2D eigenvalue weighted by Gasteiger charge is -2.46. The van der Waals surface area contributed by atoms with Crippen molar-refractivity contribution in [2.75, 3.05) is 0 Å². The first kappa shape index (κ1) is 28.5. The minimum absolute atomic E-state index is 0.212. The maximum Gasteiger partial charge on any atom is 0.143 e. The highest BCUT2D eigenvalue weighted by atomic mass is 16.6. The van der Waals surface area contributed by atoms with Crippen molar-refractivity contribution in [1.29, 1.82) is 0 Å². The van der Waals surface area contributed by atoms with Gasteiger partial charge >= 0.3 is 0 Å². The van der Waals surface area contributed by atoms with Crippen LogP contribution in [-0.4, -0.2) is 22.4 Å². The monoisotopic (exact) mass is 544 g/mol. The molecule has 0 aliphatic carbocycles. The minimum Gasteiger partial charge on any atom is -0.383 e. The van der Waals surface area contributed by atoms with E-state index in [1.807, 2.05) is 152 Å². The van der Waals surface area contributed by atoms with E-state index in [0.29, 0.717) is 16.7 Å². The molecule has 208 valence electrons. The molecule has 0 heterocycles. The predicted octanol–water partition coefficient (Wildman–Crippen LogP) is 7.00. The van der Waals surface area contributed by atoms with Crippen molar-refractivity contribution in [3.8, 4) is 0 Å². The number of rotatable bonds is 12. The van der Waals surface area contributed by atoms with Gasteiger partial charge in [-0.2, -0.15) is 0 Å². The summed E-state index contributed by atoms with van der Waals surface area (Å²) in [5.74, 6) is 0. The van der Waals surface area contributed by atoms with E-state index in [2.05, 4.69) is 0 Å². The van der Waals surface area contributed by atoms with Gasteiger partial charge in [-0.05, 0) is 34.7 Å². The molecule has 0 aliphatic heterocycles. The van der Waals surface area contributed by atoms with Gasteiger partial charge in [0.1, 0.15) is 23.4 Å². The number of aliphatic hydroxyl groups is 2. The average Bonchev–Trinajstić information content (AvgIpc) is 3.04. The molecule has 5 aromatic carbocycles. The molecule has 2 N–H and O–H groups in total. The van der Waals surface area contributed by atoms with Gasteiger partial charge in [0.25, 0.3) is 0 Å². The Morgan fingerprint density at radius 3 is 1.17 bits per heavy atom. The molecule has 0 radical (unpaired) electrons. The van der Waals surface area contributed by atoms with Gasteiger partial charge in [-0.15, -0.1) is 0 Å². The van der Waals surface area contributed by atoms with Gasteiger partial charge in [0.2, 0.25) is 0 Å². The molecule has 4 nitrogen and oxygen atoms in total. The minimum atomic E-state index is -1.67. The van der Waals surface area contributed by atoms with Crippen molar-refractivity contribution < 1.29 is 19.7 Å². The molecule has 5 rings (SSSR count). The maximum absolute atomic E-state index is 13.0. The van der Waals surface area contributed by atoms with Crippen molar-refractivity contribution in [2.45, 2.75) is 43.5 Å². The average molecular weight is 545 g/mol. The molecule has 41 heavy (non-hydrogen) atoms. The summed E-state index contributed by atoms with van der Waals surface area (Å²) in [5, 5.41) is 25.3. The molecule has 0 saturated heterocycles. The zero-order valence-corrected chi connectivity index (χ0v) is 23.2. The zero-order chi connectivity index (χ0) is 28.5. The first-order chi connectivity index (χ1) is 20.0. The quantitative estimate of drug-likeness (QED) is 0.178. The largest absolute Gasteiger partial charge is 0.383 e. The highest BCUT2D eigenvalue weighted by Gasteiger charge is 2.52. The van der Waals surface area contributed by atoms with Crippen LogP contribution in [0.15, 0.2) is 152 Å². The topological polar surface area (TPSA) is 58.9 Å². The smallest absolute Gasteiger partial charge is 0.143 e. The first-order valence-electron chi connectivity index (χ1n) is 13.9. The van der Waals surface area contributed by atoms with E-state index in [0.717, 1.165) is 11.1 Å². The molecule has 0 aliphatic rings. The molecule has 4 heteroatoms. The van der Waals surface area contributed by atoms with Crippen LogP contribution in [0.3, 0.4) is 0 Å². The molecule has 5 aromatic rings. The Bertz CT molecular complexity index is 1420. The van der Waals surface area contributed by atoms with Crippen molar-refractivity contribution in [2.24, 2.45) is 0 Å². The Morgan fingerprint density at radius 2 is 0.780 bits per heavy atom. The summed E-state index contributed by atoms with van der Waals surface area (Å²) in [6.07, 6.45) is -2.01. The molecule has 0 fully saturated rings. The summed E-state index contributed by atoms with van der Waals surface area (Å²) in [4.78, 5) is 0. The second-order valence-corrected chi connectivity index (χ2v) is 10.4. The Morgan fingerprint density at radius 1 is 0.463 bits per heavy atom. The van der Waals surface area contributed by atoms with Crippen LogP contribution in [0.4, 0.5) is 0 Å². The van der Waals surface area contributed by atoms with E-state index in [9.17, 15) is 10.2 Å². The lowest BCUT2D eigenvalue weighted by atomic mass is 9.74. The highest BCUT2D eigenvalue weighted by molar-refractivity contribution is 5.39. The molecular formula is C37H36O4. The van der Waals surface area contributed by atoms with Crippen molar-refractivity contribution in [1.82, 2.24) is 0 Å². The van der Waals surface area contributed by atoms with E-state index in [4.69, 9.17) is 9.47 Å². The zero-order valence-electron chi connectivity index (χ0n) is 23.2. The molecular weight excluding hydrogens is 508 g/mol. The van der Waals surface area contributed by atoms with Gasteiger partial charge in [0.05, 0.1) is 13.2 Å². The Balaban J connectivity index is 1.67. The summed E-state index contributed by atoms with van der Waals surface area (Å²) in [5.41, 5.74) is 0.637. The van der Waals surface area contributed by atoms with Gasteiger partial charge in [0, 0.05) is 0 Å². The highest BCUT2D eigenvalue weighted by Crippen LogP contribution is 2.42.